The number of aryl methyl sites for hydroxylation is 1. The van der Waals surface area contributed by atoms with E-state index in [0.29, 0.717) is 5.82 Å². The summed E-state index contributed by atoms with van der Waals surface area (Å²) < 4.78 is 28.7. The highest BCUT2D eigenvalue weighted by Crippen LogP contribution is 2.13. The molecule has 0 atom stereocenters. The van der Waals surface area contributed by atoms with E-state index < -0.39 is 10.0 Å². The Morgan fingerprint density at radius 1 is 1.40 bits per heavy atom. The monoisotopic (exact) mass is 295 g/mol. The number of nitrogens with one attached hydrogen (secondary N) is 2. The standard InChI is InChI=1S/C12H17N5O2S/c1-9-10(7-15-17(9)3)8-16-20(18,19)11-4-5-14-12(6-11)13-2/h4-7,16H,8H2,1-3H3,(H,13,14). The SMILES string of the molecule is CNc1cc(S(=O)(=O)NCc2cnn(C)c2C)ccn1. The van der Waals surface area contributed by atoms with Gasteiger partial charge >= 0.3 is 0 Å². The average molecular weight is 295 g/mol. The summed E-state index contributed by atoms with van der Waals surface area (Å²) in [6.07, 6.45) is 3.11. The van der Waals surface area contributed by atoms with Gasteiger partial charge in [0.15, 0.2) is 0 Å². The van der Waals surface area contributed by atoms with Gasteiger partial charge in [0.25, 0.3) is 0 Å². The molecule has 0 radical (unpaired) electrons. The van der Waals surface area contributed by atoms with E-state index in [1.165, 1.54) is 18.3 Å². The van der Waals surface area contributed by atoms with Gasteiger partial charge in [0.2, 0.25) is 10.0 Å². The van der Waals surface area contributed by atoms with E-state index in [1.807, 2.05) is 14.0 Å². The molecule has 7 nitrogen and oxygen atoms in total. The van der Waals surface area contributed by atoms with Crippen molar-refractivity contribution < 1.29 is 8.42 Å². The smallest absolute Gasteiger partial charge is 0.241 e. The van der Waals surface area contributed by atoms with Gasteiger partial charge in [-0.25, -0.2) is 18.1 Å². The summed E-state index contributed by atoms with van der Waals surface area (Å²) in [6, 6.07) is 2.94. The Labute approximate surface area is 118 Å². The van der Waals surface area contributed by atoms with Gasteiger partial charge in [-0.2, -0.15) is 5.10 Å². The van der Waals surface area contributed by atoms with Gasteiger partial charge in [0.05, 0.1) is 11.1 Å². The third kappa shape index (κ3) is 2.97. The average Bonchev–Trinajstić information content (AvgIpc) is 2.77. The van der Waals surface area contributed by atoms with Gasteiger partial charge in [0.1, 0.15) is 5.82 Å². The van der Waals surface area contributed by atoms with E-state index in [-0.39, 0.29) is 11.4 Å². The van der Waals surface area contributed by atoms with Crippen molar-refractivity contribution in [2.45, 2.75) is 18.4 Å². The molecular formula is C12H17N5O2S. The zero-order valence-electron chi connectivity index (χ0n) is 11.6. The highest BCUT2D eigenvalue weighted by atomic mass is 32.2. The normalized spacial score (nSPS) is 11.6. The number of hydrogen-bond acceptors (Lipinski definition) is 5. The Morgan fingerprint density at radius 2 is 2.15 bits per heavy atom. The molecule has 20 heavy (non-hydrogen) atoms. The molecule has 2 aromatic heterocycles. The first-order chi connectivity index (χ1) is 9.44. The van der Waals surface area contributed by atoms with Gasteiger partial charge in [-0.1, -0.05) is 0 Å². The van der Waals surface area contributed by atoms with Crippen molar-refractivity contribution in [1.29, 1.82) is 0 Å². The fourth-order valence-corrected chi connectivity index (χ4v) is 2.71. The van der Waals surface area contributed by atoms with Crippen LogP contribution in [0, 0.1) is 6.92 Å². The van der Waals surface area contributed by atoms with Crippen LogP contribution in [0.5, 0.6) is 0 Å². The molecule has 0 aliphatic carbocycles. The first-order valence-electron chi connectivity index (χ1n) is 6.05. The largest absolute Gasteiger partial charge is 0.373 e. The zero-order valence-corrected chi connectivity index (χ0v) is 12.4. The van der Waals surface area contributed by atoms with Crippen molar-refractivity contribution in [3.05, 3.63) is 35.8 Å². The highest BCUT2D eigenvalue weighted by molar-refractivity contribution is 7.89. The Balaban J connectivity index is 2.17. The van der Waals surface area contributed by atoms with E-state index in [1.54, 1.807) is 17.9 Å². The lowest BCUT2D eigenvalue weighted by atomic mass is 10.3. The summed E-state index contributed by atoms with van der Waals surface area (Å²) in [4.78, 5) is 4.17. The molecule has 0 spiro atoms. The topological polar surface area (TPSA) is 88.9 Å². The quantitative estimate of drug-likeness (QED) is 0.845. The minimum Gasteiger partial charge on any atom is -0.373 e. The van der Waals surface area contributed by atoms with Gasteiger partial charge in [-0.15, -0.1) is 0 Å². The van der Waals surface area contributed by atoms with Crippen LogP contribution in [-0.4, -0.2) is 30.2 Å². The molecule has 0 bridgehead atoms. The van der Waals surface area contributed by atoms with Gasteiger partial charge in [0, 0.05) is 44.2 Å². The van der Waals surface area contributed by atoms with Crippen molar-refractivity contribution >= 4 is 15.8 Å². The molecule has 2 rings (SSSR count). The van der Waals surface area contributed by atoms with E-state index in [9.17, 15) is 8.42 Å². The molecule has 0 aliphatic rings. The molecule has 2 N–H and O–H groups in total. The van der Waals surface area contributed by atoms with E-state index in [2.05, 4.69) is 20.1 Å². The minimum absolute atomic E-state index is 0.179. The maximum absolute atomic E-state index is 12.2. The van der Waals surface area contributed by atoms with Gasteiger partial charge in [-0.3, -0.25) is 4.68 Å². The second-order valence-corrected chi connectivity index (χ2v) is 6.10. The van der Waals surface area contributed by atoms with Crippen LogP contribution in [-0.2, 0) is 23.6 Å². The summed E-state index contributed by atoms with van der Waals surface area (Å²) in [5.74, 6) is 0.505. The van der Waals surface area contributed by atoms with Crippen molar-refractivity contribution in [1.82, 2.24) is 19.5 Å². The summed E-state index contributed by atoms with van der Waals surface area (Å²) in [7, 11) is -0.0651. The molecule has 2 heterocycles. The van der Waals surface area contributed by atoms with Crippen molar-refractivity contribution in [3.63, 3.8) is 0 Å². The van der Waals surface area contributed by atoms with E-state index in [4.69, 9.17) is 0 Å². The summed E-state index contributed by atoms with van der Waals surface area (Å²) >= 11 is 0. The first-order valence-corrected chi connectivity index (χ1v) is 7.53. The predicted molar refractivity (Wildman–Crippen MR) is 75.8 cm³/mol. The second-order valence-electron chi connectivity index (χ2n) is 4.33. The lowest BCUT2D eigenvalue weighted by Crippen LogP contribution is -2.23. The Kier molecular flexibility index (Phi) is 4.05. The molecule has 0 aromatic carbocycles. The molecule has 0 saturated heterocycles. The van der Waals surface area contributed by atoms with Crippen LogP contribution >= 0.6 is 0 Å². The maximum Gasteiger partial charge on any atom is 0.241 e. The lowest BCUT2D eigenvalue weighted by molar-refractivity contribution is 0.581. The summed E-state index contributed by atoms with van der Waals surface area (Å²) in [5, 5.41) is 6.89. The van der Waals surface area contributed by atoms with Crippen LogP contribution in [0.4, 0.5) is 5.82 Å². The highest BCUT2D eigenvalue weighted by Gasteiger charge is 2.15. The zero-order chi connectivity index (χ0) is 14.8. The van der Waals surface area contributed by atoms with Crippen LogP contribution in [0.15, 0.2) is 29.4 Å². The van der Waals surface area contributed by atoms with E-state index >= 15 is 0 Å². The number of sulfonamides is 1. The summed E-state index contributed by atoms with van der Waals surface area (Å²) in [5.41, 5.74) is 1.78. The number of aromatic nitrogens is 3. The number of anilines is 1. The number of hydrogen-bond donors (Lipinski definition) is 2. The lowest BCUT2D eigenvalue weighted by Gasteiger charge is -2.07. The minimum atomic E-state index is -3.57. The molecule has 0 aliphatic heterocycles. The Morgan fingerprint density at radius 3 is 2.75 bits per heavy atom. The van der Waals surface area contributed by atoms with E-state index in [0.717, 1.165) is 11.3 Å². The van der Waals surface area contributed by atoms with Crippen LogP contribution in [0.3, 0.4) is 0 Å². The Hall–Kier alpha value is -1.93. The predicted octanol–water partition coefficient (Wildman–Crippen LogP) is 0.644. The summed E-state index contributed by atoms with van der Waals surface area (Å²) in [6.45, 7) is 2.10. The number of nitrogens with zero attached hydrogens (tertiary/aromatic N) is 3. The maximum atomic E-state index is 12.2. The van der Waals surface area contributed by atoms with Crippen LogP contribution < -0.4 is 10.0 Å². The van der Waals surface area contributed by atoms with Crippen LogP contribution in [0.2, 0.25) is 0 Å². The Bertz CT molecular complexity index is 708. The van der Waals surface area contributed by atoms with Crippen LogP contribution in [0.25, 0.3) is 0 Å². The molecule has 108 valence electrons. The number of pyridine rings is 1. The molecule has 0 unspecified atom stereocenters. The molecule has 2 aromatic rings. The molecule has 0 saturated carbocycles. The first kappa shape index (κ1) is 14.5. The molecular weight excluding hydrogens is 278 g/mol. The molecule has 8 heteroatoms. The molecule has 0 amide bonds. The number of rotatable bonds is 5. The second kappa shape index (κ2) is 5.59. The fourth-order valence-electron chi connectivity index (χ4n) is 1.69. The van der Waals surface area contributed by atoms with Crippen LogP contribution in [0.1, 0.15) is 11.3 Å². The third-order valence-electron chi connectivity index (χ3n) is 3.09. The third-order valence-corrected chi connectivity index (χ3v) is 4.49. The van der Waals surface area contributed by atoms with Crippen molar-refractivity contribution in [2.75, 3.05) is 12.4 Å². The van der Waals surface area contributed by atoms with Crippen molar-refractivity contribution in [3.8, 4) is 0 Å². The van der Waals surface area contributed by atoms with Crippen molar-refractivity contribution in [2.24, 2.45) is 7.05 Å². The van der Waals surface area contributed by atoms with Gasteiger partial charge in [-0.05, 0) is 13.0 Å². The fraction of sp³-hybridized carbons (Fsp3) is 0.333. The molecule has 0 fully saturated rings. The van der Waals surface area contributed by atoms with Gasteiger partial charge < -0.3 is 5.32 Å².